The number of carbonyl (C=O) groups is 1. The number of hydrogen-bond donors (Lipinski definition) is 0. The zero-order chi connectivity index (χ0) is 18.7. The normalized spacial score (nSPS) is 18.2. The van der Waals surface area contributed by atoms with Crippen LogP contribution in [0.15, 0.2) is 29.8 Å². The number of nitrogens with zero attached hydrogens (tertiary/aromatic N) is 1. The standard InChI is InChI=1S/C19H24F3NO2/c1-18(2,3)25-17(24)23-11-4-5-14(10-12-23)13-15-6-8-16(9-7-15)19(20,21)22/h6-9,13H,4-5,10-12H2,1-3H3/b14-13+. The van der Waals surface area contributed by atoms with Gasteiger partial charge in [0.15, 0.2) is 0 Å². The maximum Gasteiger partial charge on any atom is 0.416 e. The smallest absolute Gasteiger partial charge is 0.416 e. The molecule has 25 heavy (non-hydrogen) atoms. The van der Waals surface area contributed by atoms with E-state index in [1.54, 1.807) is 4.90 Å². The highest BCUT2D eigenvalue weighted by molar-refractivity contribution is 5.68. The molecule has 0 radical (unpaired) electrons. The van der Waals surface area contributed by atoms with Crippen LogP contribution in [0.25, 0.3) is 6.08 Å². The van der Waals surface area contributed by atoms with E-state index in [4.69, 9.17) is 4.74 Å². The molecule has 0 unspecified atom stereocenters. The monoisotopic (exact) mass is 355 g/mol. The van der Waals surface area contributed by atoms with Crippen molar-refractivity contribution >= 4 is 12.2 Å². The molecule has 3 nitrogen and oxygen atoms in total. The molecule has 0 aliphatic carbocycles. The molecule has 0 aromatic heterocycles. The lowest BCUT2D eigenvalue weighted by atomic mass is 10.0. The first-order valence-corrected chi connectivity index (χ1v) is 8.39. The average Bonchev–Trinajstić information content (AvgIpc) is 2.71. The number of alkyl halides is 3. The Morgan fingerprint density at radius 2 is 1.72 bits per heavy atom. The Balaban J connectivity index is 2.00. The summed E-state index contributed by atoms with van der Waals surface area (Å²) in [4.78, 5) is 13.8. The van der Waals surface area contributed by atoms with Gasteiger partial charge in [-0.1, -0.05) is 23.8 Å². The minimum atomic E-state index is -4.32. The van der Waals surface area contributed by atoms with E-state index in [0.717, 1.165) is 36.1 Å². The molecular weight excluding hydrogens is 331 g/mol. The minimum Gasteiger partial charge on any atom is -0.444 e. The fraction of sp³-hybridized carbons (Fsp3) is 0.526. The molecule has 1 aliphatic rings. The first-order valence-electron chi connectivity index (χ1n) is 8.39. The Morgan fingerprint density at radius 3 is 2.28 bits per heavy atom. The molecular formula is C19H24F3NO2. The van der Waals surface area contributed by atoms with Gasteiger partial charge in [-0.25, -0.2) is 4.79 Å². The van der Waals surface area contributed by atoms with Crippen LogP contribution < -0.4 is 0 Å². The second-order valence-electron chi connectivity index (χ2n) is 7.24. The third-order valence-corrected chi connectivity index (χ3v) is 3.89. The molecule has 0 spiro atoms. The maximum atomic E-state index is 12.6. The van der Waals surface area contributed by atoms with Gasteiger partial charge in [-0.05, 0) is 57.7 Å². The van der Waals surface area contributed by atoms with Gasteiger partial charge in [0, 0.05) is 13.1 Å². The number of likely N-dealkylation sites (tertiary alicyclic amines) is 1. The van der Waals surface area contributed by atoms with E-state index in [1.807, 2.05) is 26.8 Å². The van der Waals surface area contributed by atoms with Crippen LogP contribution in [-0.2, 0) is 10.9 Å². The van der Waals surface area contributed by atoms with Crippen LogP contribution in [0, 0.1) is 0 Å². The molecule has 1 aliphatic heterocycles. The van der Waals surface area contributed by atoms with E-state index in [2.05, 4.69) is 0 Å². The summed E-state index contributed by atoms with van der Waals surface area (Å²) < 4.78 is 43.2. The van der Waals surface area contributed by atoms with E-state index in [9.17, 15) is 18.0 Å². The summed E-state index contributed by atoms with van der Waals surface area (Å²) in [6, 6.07) is 5.14. The van der Waals surface area contributed by atoms with Crippen LogP contribution in [0.5, 0.6) is 0 Å². The molecule has 0 N–H and O–H groups in total. The lowest BCUT2D eigenvalue weighted by Crippen LogP contribution is -2.37. The second kappa shape index (κ2) is 7.50. The Bertz CT molecular complexity index is 628. The van der Waals surface area contributed by atoms with Gasteiger partial charge >= 0.3 is 12.3 Å². The molecule has 0 atom stereocenters. The van der Waals surface area contributed by atoms with E-state index in [-0.39, 0.29) is 6.09 Å². The molecule has 1 aromatic rings. The highest BCUT2D eigenvalue weighted by atomic mass is 19.4. The third kappa shape index (κ3) is 6.11. The van der Waals surface area contributed by atoms with E-state index in [1.165, 1.54) is 12.1 Å². The number of ether oxygens (including phenoxy) is 1. The fourth-order valence-corrected chi connectivity index (χ4v) is 2.67. The number of carbonyl (C=O) groups excluding carboxylic acids is 1. The Labute approximate surface area is 146 Å². The molecule has 0 saturated carbocycles. The second-order valence-corrected chi connectivity index (χ2v) is 7.24. The first kappa shape index (κ1) is 19.3. The Morgan fingerprint density at radius 1 is 1.08 bits per heavy atom. The zero-order valence-electron chi connectivity index (χ0n) is 14.8. The first-order chi connectivity index (χ1) is 11.5. The van der Waals surface area contributed by atoms with E-state index >= 15 is 0 Å². The van der Waals surface area contributed by atoms with Gasteiger partial charge in [0.05, 0.1) is 5.56 Å². The van der Waals surface area contributed by atoms with Crippen molar-refractivity contribution in [2.24, 2.45) is 0 Å². The lowest BCUT2D eigenvalue weighted by Gasteiger charge is -2.26. The average molecular weight is 355 g/mol. The molecule has 1 aromatic carbocycles. The van der Waals surface area contributed by atoms with Crippen LogP contribution in [0.2, 0.25) is 0 Å². The molecule has 1 fully saturated rings. The van der Waals surface area contributed by atoms with Crippen molar-refractivity contribution in [2.45, 2.75) is 51.8 Å². The summed E-state index contributed by atoms with van der Waals surface area (Å²) in [7, 11) is 0. The van der Waals surface area contributed by atoms with Crippen LogP contribution in [0.4, 0.5) is 18.0 Å². The van der Waals surface area contributed by atoms with Gasteiger partial charge in [-0.3, -0.25) is 0 Å². The Kier molecular flexibility index (Phi) is 5.80. The van der Waals surface area contributed by atoms with Crippen molar-refractivity contribution in [2.75, 3.05) is 13.1 Å². The fourth-order valence-electron chi connectivity index (χ4n) is 2.67. The SMILES string of the molecule is CC(C)(C)OC(=O)N1CCC/C(=C\c2ccc(C(F)(F)F)cc2)CC1. The summed E-state index contributed by atoms with van der Waals surface area (Å²) in [5.41, 5.74) is 0.702. The molecule has 1 amide bonds. The Hall–Kier alpha value is -1.98. The summed E-state index contributed by atoms with van der Waals surface area (Å²) in [6.45, 7) is 6.68. The molecule has 138 valence electrons. The highest BCUT2D eigenvalue weighted by Gasteiger charge is 2.30. The zero-order valence-corrected chi connectivity index (χ0v) is 14.8. The van der Waals surface area contributed by atoms with Crippen LogP contribution in [0.1, 0.15) is 51.2 Å². The van der Waals surface area contributed by atoms with Crippen molar-refractivity contribution in [3.8, 4) is 0 Å². The summed E-state index contributed by atoms with van der Waals surface area (Å²) in [6.07, 6.45) is -0.393. The van der Waals surface area contributed by atoms with Crippen LogP contribution in [-0.4, -0.2) is 29.7 Å². The highest BCUT2D eigenvalue weighted by Crippen LogP contribution is 2.29. The van der Waals surface area contributed by atoms with Gasteiger partial charge < -0.3 is 9.64 Å². The third-order valence-electron chi connectivity index (χ3n) is 3.89. The van der Waals surface area contributed by atoms with Crippen molar-refractivity contribution in [3.63, 3.8) is 0 Å². The predicted molar refractivity (Wildman–Crippen MR) is 91.1 cm³/mol. The topological polar surface area (TPSA) is 29.5 Å². The van der Waals surface area contributed by atoms with Gasteiger partial charge in [0.1, 0.15) is 5.60 Å². The van der Waals surface area contributed by atoms with Gasteiger partial charge in [0.2, 0.25) is 0 Å². The number of hydrogen-bond acceptors (Lipinski definition) is 2. The molecule has 1 saturated heterocycles. The minimum absolute atomic E-state index is 0.316. The summed E-state index contributed by atoms with van der Waals surface area (Å²) in [5.74, 6) is 0. The van der Waals surface area contributed by atoms with Gasteiger partial charge in [-0.2, -0.15) is 13.2 Å². The summed E-state index contributed by atoms with van der Waals surface area (Å²) >= 11 is 0. The maximum absolute atomic E-state index is 12.6. The number of halogens is 3. The van der Waals surface area contributed by atoms with E-state index < -0.39 is 17.3 Å². The van der Waals surface area contributed by atoms with E-state index in [0.29, 0.717) is 19.5 Å². The van der Waals surface area contributed by atoms with Crippen LogP contribution >= 0.6 is 0 Å². The van der Waals surface area contributed by atoms with Crippen LogP contribution in [0.3, 0.4) is 0 Å². The molecule has 1 heterocycles. The number of benzene rings is 1. The molecule has 2 rings (SSSR count). The lowest BCUT2D eigenvalue weighted by molar-refractivity contribution is -0.137. The van der Waals surface area contributed by atoms with Crippen molar-refractivity contribution in [1.29, 1.82) is 0 Å². The molecule has 6 heteroatoms. The quantitative estimate of drug-likeness (QED) is 0.665. The van der Waals surface area contributed by atoms with Crippen molar-refractivity contribution in [3.05, 3.63) is 41.0 Å². The van der Waals surface area contributed by atoms with Gasteiger partial charge in [-0.15, -0.1) is 0 Å². The van der Waals surface area contributed by atoms with Crippen molar-refractivity contribution < 1.29 is 22.7 Å². The summed E-state index contributed by atoms with van der Waals surface area (Å²) in [5, 5.41) is 0. The van der Waals surface area contributed by atoms with Crippen molar-refractivity contribution in [1.82, 2.24) is 4.90 Å². The largest absolute Gasteiger partial charge is 0.444 e. The number of rotatable bonds is 1. The number of amides is 1. The predicted octanol–water partition coefficient (Wildman–Crippen LogP) is 5.51. The van der Waals surface area contributed by atoms with Gasteiger partial charge in [0.25, 0.3) is 0 Å². The molecule has 0 bridgehead atoms.